The Morgan fingerprint density at radius 2 is 1.60 bits per heavy atom. The molecule has 1 aromatic heterocycles. The van der Waals surface area contributed by atoms with E-state index in [0.29, 0.717) is 0 Å². The molecule has 0 aliphatic carbocycles. The Kier molecular flexibility index (Phi) is 4.61. The summed E-state index contributed by atoms with van der Waals surface area (Å²) in [7, 11) is 0. The van der Waals surface area contributed by atoms with Gasteiger partial charge in [0.1, 0.15) is 5.82 Å². The number of hydrogen-bond donors (Lipinski definition) is 0. The van der Waals surface area contributed by atoms with Crippen molar-refractivity contribution in [3.05, 3.63) is 72.2 Å². The lowest BCUT2D eigenvalue weighted by Gasteiger charge is -2.36. The number of rotatable bonds is 4. The zero-order chi connectivity index (χ0) is 17.1. The lowest BCUT2D eigenvalue weighted by atomic mass is 10.1. The fraction of sp³-hybridized carbons (Fsp3) is 0.286. The van der Waals surface area contributed by atoms with Gasteiger partial charge in [-0.1, -0.05) is 36.4 Å². The monoisotopic (exact) mass is 335 g/mol. The lowest BCUT2D eigenvalue weighted by molar-refractivity contribution is 0.259. The summed E-state index contributed by atoms with van der Waals surface area (Å²) in [5, 5.41) is 1.18. The van der Waals surface area contributed by atoms with Crippen molar-refractivity contribution in [1.29, 1.82) is 0 Å². The van der Waals surface area contributed by atoms with E-state index in [4.69, 9.17) is 4.98 Å². The van der Waals surface area contributed by atoms with Crippen LogP contribution in [0.5, 0.6) is 0 Å². The number of para-hydroxylation sites is 2. The number of benzene rings is 2. The molecule has 0 N–H and O–H groups in total. The number of aromatic nitrogens is 1. The number of anilines is 1. The molecule has 0 radical (unpaired) electrons. The van der Waals surface area contributed by atoms with E-state index in [0.717, 1.165) is 56.0 Å². The molecule has 0 saturated carbocycles. The molecule has 2 heterocycles. The van der Waals surface area contributed by atoms with Crippen LogP contribution in [0.2, 0.25) is 0 Å². The van der Waals surface area contributed by atoms with Gasteiger partial charge in [-0.2, -0.15) is 0 Å². The van der Waals surface area contributed by atoms with Gasteiger partial charge in [0.2, 0.25) is 0 Å². The fourth-order valence-corrected chi connectivity index (χ4v) is 3.44. The van der Waals surface area contributed by atoms with Crippen molar-refractivity contribution in [2.24, 2.45) is 0 Å². The van der Waals surface area contributed by atoms with Gasteiger partial charge in [-0.3, -0.25) is 9.88 Å². The van der Waals surface area contributed by atoms with E-state index in [1.54, 1.807) is 6.07 Å². The smallest absolute Gasteiger partial charge is 0.146 e. The third-order valence-corrected chi connectivity index (χ3v) is 4.91. The molecule has 1 aliphatic heterocycles. The van der Waals surface area contributed by atoms with Gasteiger partial charge >= 0.3 is 0 Å². The van der Waals surface area contributed by atoms with Crippen LogP contribution in [0.15, 0.2) is 60.7 Å². The molecule has 25 heavy (non-hydrogen) atoms. The Labute approximate surface area is 147 Å². The zero-order valence-electron chi connectivity index (χ0n) is 14.2. The number of hydrogen-bond acceptors (Lipinski definition) is 3. The number of fused-ring (bicyclic) bond motifs is 1. The molecule has 2 aromatic carbocycles. The van der Waals surface area contributed by atoms with E-state index in [-0.39, 0.29) is 5.82 Å². The number of pyridine rings is 1. The highest BCUT2D eigenvalue weighted by molar-refractivity contribution is 5.78. The van der Waals surface area contributed by atoms with Gasteiger partial charge in [0.05, 0.1) is 11.2 Å². The normalized spacial score (nSPS) is 15.6. The molecule has 0 atom stereocenters. The predicted octanol–water partition coefficient (Wildman–Crippen LogP) is 3.74. The standard InChI is InChI=1S/C21H22FN3/c22-19-6-2-4-8-21(19)25-15-13-24(14-16-25)12-11-18-10-9-17-5-1-3-7-20(17)23-18/h1-10H,11-16H2. The maximum absolute atomic E-state index is 13.9. The Hall–Kier alpha value is -2.46. The van der Waals surface area contributed by atoms with E-state index in [1.807, 2.05) is 24.3 Å². The highest BCUT2D eigenvalue weighted by Crippen LogP contribution is 2.20. The van der Waals surface area contributed by atoms with Crippen LogP contribution in [0, 0.1) is 5.82 Å². The first-order valence-corrected chi connectivity index (χ1v) is 8.86. The van der Waals surface area contributed by atoms with Gasteiger partial charge in [-0.25, -0.2) is 4.39 Å². The highest BCUT2D eigenvalue weighted by atomic mass is 19.1. The van der Waals surface area contributed by atoms with Crippen molar-refractivity contribution < 1.29 is 4.39 Å². The molecule has 0 unspecified atom stereocenters. The van der Waals surface area contributed by atoms with Crippen LogP contribution >= 0.6 is 0 Å². The van der Waals surface area contributed by atoms with Crippen LogP contribution in [0.4, 0.5) is 10.1 Å². The second kappa shape index (κ2) is 7.19. The topological polar surface area (TPSA) is 19.4 Å². The summed E-state index contributed by atoms with van der Waals surface area (Å²) < 4.78 is 13.9. The van der Waals surface area contributed by atoms with Crippen molar-refractivity contribution in [3.63, 3.8) is 0 Å². The van der Waals surface area contributed by atoms with E-state index in [9.17, 15) is 4.39 Å². The Morgan fingerprint density at radius 3 is 2.44 bits per heavy atom. The quantitative estimate of drug-likeness (QED) is 0.724. The third-order valence-electron chi connectivity index (χ3n) is 4.91. The summed E-state index contributed by atoms with van der Waals surface area (Å²) >= 11 is 0. The molecule has 3 nitrogen and oxygen atoms in total. The molecule has 4 rings (SSSR count). The van der Waals surface area contributed by atoms with Crippen molar-refractivity contribution in [1.82, 2.24) is 9.88 Å². The van der Waals surface area contributed by atoms with Gasteiger partial charge in [0.25, 0.3) is 0 Å². The van der Waals surface area contributed by atoms with Gasteiger partial charge in [0, 0.05) is 50.2 Å². The van der Waals surface area contributed by atoms with Gasteiger partial charge in [-0.05, 0) is 24.3 Å². The first kappa shape index (κ1) is 16.0. The molecular weight excluding hydrogens is 313 g/mol. The van der Waals surface area contributed by atoms with Gasteiger partial charge in [0.15, 0.2) is 0 Å². The van der Waals surface area contributed by atoms with E-state index in [2.05, 4.69) is 34.1 Å². The first-order chi connectivity index (χ1) is 12.3. The second-order valence-corrected chi connectivity index (χ2v) is 6.53. The van der Waals surface area contributed by atoms with Crippen molar-refractivity contribution in [2.45, 2.75) is 6.42 Å². The van der Waals surface area contributed by atoms with E-state index in [1.165, 1.54) is 11.5 Å². The Bertz CT molecular complexity index is 856. The van der Waals surface area contributed by atoms with Crippen LogP contribution in [0.1, 0.15) is 5.69 Å². The maximum Gasteiger partial charge on any atom is 0.146 e. The Morgan fingerprint density at radius 1 is 0.840 bits per heavy atom. The average molecular weight is 335 g/mol. The van der Waals surface area contributed by atoms with Gasteiger partial charge < -0.3 is 4.90 Å². The summed E-state index contributed by atoms with van der Waals surface area (Å²) in [6.07, 6.45) is 0.949. The summed E-state index contributed by atoms with van der Waals surface area (Å²) in [5.74, 6) is -0.128. The van der Waals surface area contributed by atoms with E-state index >= 15 is 0 Å². The SMILES string of the molecule is Fc1ccccc1N1CCN(CCc2ccc3ccccc3n2)CC1. The predicted molar refractivity (Wildman–Crippen MR) is 101 cm³/mol. The van der Waals surface area contributed by atoms with E-state index < -0.39 is 0 Å². The Balaban J connectivity index is 1.33. The highest BCUT2D eigenvalue weighted by Gasteiger charge is 2.19. The number of piperazine rings is 1. The van der Waals surface area contributed by atoms with Crippen LogP contribution in [-0.2, 0) is 6.42 Å². The average Bonchev–Trinajstić information content (AvgIpc) is 2.67. The van der Waals surface area contributed by atoms with Crippen LogP contribution in [-0.4, -0.2) is 42.6 Å². The molecular formula is C21H22FN3. The fourth-order valence-electron chi connectivity index (χ4n) is 3.44. The molecule has 1 saturated heterocycles. The maximum atomic E-state index is 13.9. The molecule has 0 amide bonds. The molecule has 1 fully saturated rings. The lowest BCUT2D eigenvalue weighted by Crippen LogP contribution is -2.47. The molecule has 4 heteroatoms. The van der Waals surface area contributed by atoms with Crippen LogP contribution < -0.4 is 4.90 Å². The number of nitrogens with zero attached hydrogens (tertiary/aromatic N) is 3. The summed E-state index contributed by atoms with van der Waals surface area (Å²) in [6, 6.07) is 19.5. The number of halogens is 1. The minimum absolute atomic E-state index is 0.128. The summed E-state index contributed by atoms with van der Waals surface area (Å²) in [4.78, 5) is 9.32. The summed E-state index contributed by atoms with van der Waals surface area (Å²) in [6.45, 7) is 4.65. The van der Waals surface area contributed by atoms with Crippen LogP contribution in [0.3, 0.4) is 0 Å². The second-order valence-electron chi connectivity index (χ2n) is 6.53. The summed E-state index contributed by atoms with van der Waals surface area (Å²) in [5.41, 5.74) is 2.91. The third kappa shape index (κ3) is 3.64. The molecule has 128 valence electrons. The van der Waals surface area contributed by atoms with Gasteiger partial charge in [-0.15, -0.1) is 0 Å². The molecule has 3 aromatic rings. The van der Waals surface area contributed by atoms with Crippen molar-refractivity contribution in [2.75, 3.05) is 37.6 Å². The first-order valence-electron chi connectivity index (χ1n) is 8.86. The molecule has 0 bridgehead atoms. The largest absolute Gasteiger partial charge is 0.367 e. The molecule has 1 aliphatic rings. The zero-order valence-corrected chi connectivity index (χ0v) is 14.2. The van der Waals surface area contributed by atoms with Crippen molar-refractivity contribution in [3.8, 4) is 0 Å². The van der Waals surface area contributed by atoms with Crippen LogP contribution in [0.25, 0.3) is 10.9 Å². The minimum atomic E-state index is -0.128. The minimum Gasteiger partial charge on any atom is -0.367 e. The van der Waals surface area contributed by atoms with Crippen molar-refractivity contribution >= 4 is 16.6 Å². The molecule has 0 spiro atoms.